The van der Waals surface area contributed by atoms with E-state index in [4.69, 9.17) is 14.2 Å². The highest BCUT2D eigenvalue weighted by Gasteiger charge is 2.29. The molecule has 226 valence electrons. The Labute approximate surface area is 245 Å². The van der Waals surface area contributed by atoms with E-state index in [0.29, 0.717) is 13.2 Å². The van der Waals surface area contributed by atoms with E-state index in [-0.39, 0.29) is 34.6 Å². The van der Waals surface area contributed by atoms with Crippen LogP contribution in [0.5, 0.6) is 0 Å². The van der Waals surface area contributed by atoms with Crippen molar-refractivity contribution in [3.05, 3.63) is 70.8 Å². The SMILES string of the molecule is CC(C)OCC(C)(C)CCOC(C)(C)c1ccc(C(C)(C)c2ccc(C(C)(C)OCCC(C)(C)CO)cc2)cc1. The maximum absolute atomic E-state index is 9.52. The molecule has 0 atom stereocenters. The minimum Gasteiger partial charge on any atom is -0.396 e. The van der Waals surface area contributed by atoms with Crippen molar-refractivity contribution in [2.45, 2.75) is 119 Å². The molecule has 40 heavy (non-hydrogen) atoms. The molecule has 0 fully saturated rings. The quantitative estimate of drug-likeness (QED) is 0.225. The monoisotopic (exact) mass is 554 g/mol. The second-order valence-corrected chi connectivity index (χ2v) is 14.8. The lowest BCUT2D eigenvalue weighted by molar-refractivity contribution is -0.0479. The van der Waals surface area contributed by atoms with Crippen LogP contribution >= 0.6 is 0 Å². The summed E-state index contributed by atoms with van der Waals surface area (Å²) in [7, 11) is 0. The van der Waals surface area contributed by atoms with Crippen molar-refractivity contribution < 1.29 is 19.3 Å². The second kappa shape index (κ2) is 13.5. The van der Waals surface area contributed by atoms with Gasteiger partial charge < -0.3 is 19.3 Å². The van der Waals surface area contributed by atoms with Gasteiger partial charge in [-0.1, -0.05) is 90.1 Å². The van der Waals surface area contributed by atoms with Crippen molar-refractivity contribution >= 4 is 0 Å². The Morgan fingerprint density at radius 3 is 1.27 bits per heavy atom. The number of ether oxygens (including phenoxy) is 3. The average Bonchev–Trinajstić information content (AvgIpc) is 2.87. The van der Waals surface area contributed by atoms with E-state index in [1.807, 2.05) is 0 Å². The zero-order valence-corrected chi connectivity index (χ0v) is 27.6. The van der Waals surface area contributed by atoms with Gasteiger partial charge in [-0.3, -0.25) is 0 Å². The van der Waals surface area contributed by atoms with Crippen LogP contribution in [0.3, 0.4) is 0 Å². The molecule has 0 spiro atoms. The average molecular weight is 555 g/mol. The molecule has 0 bridgehead atoms. The van der Waals surface area contributed by atoms with E-state index in [2.05, 4.69) is 132 Å². The van der Waals surface area contributed by atoms with Crippen LogP contribution in [0.15, 0.2) is 48.5 Å². The lowest BCUT2D eigenvalue weighted by atomic mass is 9.77. The summed E-state index contributed by atoms with van der Waals surface area (Å²) in [6, 6.07) is 17.7. The van der Waals surface area contributed by atoms with E-state index in [9.17, 15) is 5.11 Å². The van der Waals surface area contributed by atoms with E-state index in [0.717, 1.165) is 25.0 Å². The molecule has 0 saturated carbocycles. The first-order valence-corrected chi connectivity index (χ1v) is 15.0. The van der Waals surface area contributed by atoms with Crippen LogP contribution in [0.1, 0.15) is 118 Å². The Morgan fingerprint density at radius 1 is 0.575 bits per heavy atom. The molecule has 1 N–H and O–H groups in total. The summed E-state index contributed by atoms with van der Waals surface area (Å²) in [4.78, 5) is 0. The molecule has 2 aromatic carbocycles. The molecule has 0 unspecified atom stereocenters. The molecule has 0 aliphatic carbocycles. The van der Waals surface area contributed by atoms with Crippen LogP contribution in [-0.2, 0) is 30.8 Å². The van der Waals surface area contributed by atoms with Gasteiger partial charge in [-0.25, -0.2) is 0 Å². The standard InChI is InChI=1S/C36H58O4/c1-27(2)38-26-33(5,6)22-24-40-36(11,12)31-19-15-29(16-20-31)34(7,8)28-13-17-30(18-14-28)35(9,10)39-23-21-32(3,4)25-37/h13-20,27,37H,21-26H2,1-12H3. The fraction of sp³-hybridized carbons (Fsp3) is 0.667. The first-order chi connectivity index (χ1) is 18.3. The van der Waals surface area contributed by atoms with Crippen molar-refractivity contribution in [3.8, 4) is 0 Å². The number of aliphatic hydroxyl groups is 1. The minimum absolute atomic E-state index is 0.0853. The molecule has 0 amide bonds. The van der Waals surface area contributed by atoms with Crippen LogP contribution in [0, 0.1) is 10.8 Å². The van der Waals surface area contributed by atoms with Gasteiger partial charge in [0.2, 0.25) is 0 Å². The topological polar surface area (TPSA) is 47.9 Å². The molecule has 0 aliphatic rings. The number of hydrogen-bond donors (Lipinski definition) is 1. The lowest BCUT2D eigenvalue weighted by Gasteiger charge is -2.32. The minimum atomic E-state index is -0.391. The number of rotatable bonds is 16. The normalized spacial score (nSPS) is 13.8. The maximum Gasteiger partial charge on any atom is 0.0875 e. The number of aliphatic hydroxyl groups excluding tert-OH is 1. The molecule has 0 aromatic heterocycles. The van der Waals surface area contributed by atoms with E-state index in [1.165, 1.54) is 16.7 Å². The van der Waals surface area contributed by atoms with Crippen LogP contribution in [0.25, 0.3) is 0 Å². The van der Waals surface area contributed by atoms with Gasteiger partial charge in [0.15, 0.2) is 0 Å². The van der Waals surface area contributed by atoms with Crippen LogP contribution in [-0.4, -0.2) is 37.6 Å². The Hall–Kier alpha value is -1.72. The molecule has 0 radical (unpaired) electrons. The van der Waals surface area contributed by atoms with E-state index >= 15 is 0 Å². The van der Waals surface area contributed by atoms with Crippen molar-refractivity contribution in [3.63, 3.8) is 0 Å². The Balaban J connectivity index is 2.05. The number of benzene rings is 2. The third-order valence-electron chi connectivity index (χ3n) is 8.32. The van der Waals surface area contributed by atoms with Gasteiger partial charge in [-0.2, -0.15) is 0 Å². The first-order valence-electron chi connectivity index (χ1n) is 15.0. The van der Waals surface area contributed by atoms with Gasteiger partial charge >= 0.3 is 0 Å². The van der Waals surface area contributed by atoms with Crippen molar-refractivity contribution in [2.75, 3.05) is 26.4 Å². The summed E-state index contributed by atoms with van der Waals surface area (Å²) in [6.07, 6.45) is 2.02. The highest BCUT2D eigenvalue weighted by Crippen LogP contribution is 2.36. The summed E-state index contributed by atoms with van der Waals surface area (Å²) in [5.74, 6) is 0. The predicted octanol–water partition coefficient (Wildman–Crippen LogP) is 8.77. The van der Waals surface area contributed by atoms with Gasteiger partial charge in [-0.05, 0) is 87.5 Å². The van der Waals surface area contributed by atoms with E-state index in [1.54, 1.807) is 0 Å². The van der Waals surface area contributed by atoms with E-state index < -0.39 is 5.60 Å². The van der Waals surface area contributed by atoms with Gasteiger partial charge in [0.25, 0.3) is 0 Å². The summed E-state index contributed by atoms with van der Waals surface area (Å²) in [6.45, 7) is 28.1. The zero-order valence-electron chi connectivity index (χ0n) is 27.6. The van der Waals surface area contributed by atoms with Crippen LogP contribution in [0.2, 0.25) is 0 Å². The summed E-state index contributed by atoms with van der Waals surface area (Å²) in [5.41, 5.74) is 3.94. The smallest absolute Gasteiger partial charge is 0.0875 e. The Morgan fingerprint density at radius 2 is 0.925 bits per heavy atom. The van der Waals surface area contributed by atoms with Gasteiger partial charge in [-0.15, -0.1) is 0 Å². The Bertz CT molecular complexity index is 1030. The first kappa shape index (κ1) is 34.5. The van der Waals surface area contributed by atoms with Gasteiger partial charge in [0.1, 0.15) is 0 Å². The van der Waals surface area contributed by atoms with Crippen molar-refractivity contribution in [1.29, 1.82) is 0 Å². The summed E-state index contributed by atoms with van der Waals surface area (Å²) in [5, 5.41) is 9.52. The largest absolute Gasteiger partial charge is 0.396 e. The van der Waals surface area contributed by atoms with Crippen LogP contribution < -0.4 is 0 Å². The summed E-state index contributed by atoms with van der Waals surface area (Å²) < 4.78 is 18.5. The highest BCUT2D eigenvalue weighted by molar-refractivity contribution is 5.41. The molecular formula is C36H58O4. The molecule has 2 aromatic rings. The van der Waals surface area contributed by atoms with Crippen molar-refractivity contribution in [1.82, 2.24) is 0 Å². The fourth-order valence-electron chi connectivity index (χ4n) is 4.62. The molecule has 4 nitrogen and oxygen atoms in total. The predicted molar refractivity (Wildman–Crippen MR) is 168 cm³/mol. The molecule has 4 heteroatoms. The molecule has 0 saturated heterocycles. The second-order valence-electron chi connectivity index (χ2n) is 14.8. The Kier molecular flexibility index (Phi) is 11.6. The third-order valence-corrected chi connectivity index (χ3v) is 8.32. The summed E-state index contributed by atoms with van der Waals surface area (Å²) >= 11 is 0. The molecule has 0 aliphatic heterocycles. The highest BCUT2D eigenvalue weighted by atomic mass is 16.5. The third kappa shape index (κ3) is 9.98. The fourth-order valence-corrected chi connectivity index (χ4v) is 4.62. The lowest BCUT2D eigenvalue weighted by Crippen LogP contribution is -2.28. The van der Waals surface area contributed by atoms with Crippen LogP contribution in [0.4, 0.5) is 0 Å². The molecular weight excluding hydrogens is 496 g/mol. The van der Waals surface area contributed by atoms with Crippen molar-refractivity contribution in [2.24, 2.45) is 10.8 Å². The number of hydrogen-bond acceptors (Lipinski definition) is 4. The maximum atomic E-state index is 9.52. The van der Waals surface area contributed by atoms with Gasteiger partial charge in [0, 0.05) is 25.2 Å². The van der Waals surface area contributed by atoms with Gasteiger partial charge in [0.05, 0.1) is 23.9 Å². The molecule has 0 heterocycles. The molecule has 2 rings (SSSR count). The zero-order chi connectivity index (χ0) is 30.4.